The van der Waals surface area contributed by atoms with E-state index in [-0.39, 0.29) is 17.8 Å². The Morgan fingerprint density at radius 3 is 0.577 bits per heavy atom. The summed E-state index contributed by atoms with van der Waals surface area (Å²) < 4.78 is 23.4. The molecule has 0 fully saturated rings. The van der Waals surface area contributed by atoms with Crippen LogP contribution in [0.3, 0.4) is 0 Å². The molecule has 0 aromatic heterocycles. The molecule has 52 heavy (non-hydrogen) atoms. The van der Waals surface area contributed by atoms with Gasteiger partial charge in [0.05, 0.1) is 0 Å². The van der Waals surface area contributed by atoms with Gasteiger partial charge in [0.1, 0.15) is 16.8 Å². The summed E-state index contributed by atoms with van der Waals surface area (Å²) in [6.07, 6.45) is 0. The van der Waals surface area contributed by atoms with E-state index in [1.165, 1.54) is 0 Å². The van der Waals surface area contributed by atoms with E-state index in [0.29, 0.717) is 0 Å². The maximum absolute atomic E-state index is 7.79. The zero-order valence-corrected chi connectivity index (χ0v) is 32.1. The average molecular weight is 707 g/mol. The molecular formula is C48H51O3P. The van der Waals surface area contributed by atoms with Crippen molar-refractivity contribution in [3.8, 4) is 0 Å². The van der Waals surface area contributed by atoms with Crippen LogP contribution in [0.15, 0.2) is 182 Å². The second kappa shape index (κ2) is 16.5. The highest BCUT2D eigenvalue weighted by Gasteiger charge is 2.51. The lowest BCUT2D eigenvalue weighted by Gasteiger charge is -2.48. The lowest BCUT2D eigenvalue weighted by atomic mass is 9.78. The molecule has 3 nitrogen and oxygen atoms in total. The van der Waals surface area contributed by atoms with Crippen molar-refractivity contribution in [2.75, 3.05) is 0 Å². The maximum atomic E-state index is 7.79. The van der Waals surface area contributed by atoms with Crippen LogP contribution < -0.4 is 0 Å². The zero-order valence-electron chi connectivity index (χ0n) is 31.2. The molecule has 0 spiro atoms. The van der Waals surface area contributed by atoms with E-state index < -0.39 is 25.4 Å². The third-order valence-corrected chi connectivity index (χ3v) is 11.6. The van der Waals surface area contributed by atoms with E-state index in [0.717, 1.165) is 33.4 Å². The fourth-order valence-electron chi connectivity index (χ4n) is 7.66. The van der Waals surface area contributed by atoms with Crippen molar-refractivity contribution >= 4 is 8.60 Å². The Hall–Kier alpha value is -4.37. The molecule has 0 atom stereocenters. The minimum absolute atomic E-state index is 0.00157. The topological polar surface area (TPSA) is 27.7 Å². The van der Waals surface area contributed by atoms with Gasteiger partial charge in [-0.2, -0.15) is 0 Å². The van der Waals surface area contributed by atoms with E-state index >= 15 is 0 Å². The quantitative estimate of drug-likeness (QED) is 0.0995. The van der Waals surface area contributed by atoms with Gasteiger partial charge in [0.25, 0.3) is 0 Å². The third-order valence-electron chi connectivity index (χ3n) is 10.3. The molecule has 6 rings (SSSR count). The first kappa shape index (κ1) is 37.4. The van der Waals surface area contributed by atoms with Crippen molar-refractivity contribution in [1.29, 1.82) is 0 Å². The lowest BCUT2D eigenvalue weighted by molar-refractivity contribution is -0.0535. The molecule has 0 N–H and O–H groups in total. The fraction of sp³-hybridized carbons (Fsp3) is 0.250. The molecule has 0 unspecified atom stereocenters. The van der Waals surface area contributed by atoms with Crippen LogP contribution in [0.5, 0.6) is 0 Å². The minimum atomic E-state index is -2.16. The van der Waals surface area contributed by atoms with Crippen molar-refractivity contribution in [2.24, 2.45) is 17.8 Å². The Kier molecular flexibility index (Phi) is 11.9. The predicted octanol–water partition coefficient (Wildman–Crippen LogP) is 13.1. The van der Waals surface area contributed by atoms with Crippen molar-refractivity contribution in [3.05, 3.63) is 215 Å². The van der Waals surface area contributed by atoms with Crippen LogP contribution in [0.2, 0.25) is 0 Å². The molecule has 266 valence electrons. The van der Waals surface area contributed by atoms with Gasteiger partial charge in [0, 0.05) is 0 Å². The maximum Gasteiger partial charge on any atom is 0.336 e. The summed E-state index contributed by atoms with van der Waals surface area (Å²) in [4.78, 5) is 0. The molecule has 0 aliphatic carbocycles. The molecule has 0 heterocycles. The fourth-order valence-corrected chi connectivity index (χ4v) is 9.74. The molecule has 6 aromatic carbocycles. The Labute approximate surface area is 312 Å². The number of hydrogen-bond donors (Lipinski definition) is 0. The van der Waals surface area contributed by atoms with Gasteiger partial charge in [-0.3, -0.25) is 13.6 Å². The van der Waals surface area contributed by atoms with E-state index in [2.05, 4.69) is 224 Å². The minimum Gasteiger partial charge on any atom is -0.295 e. The highest BCUT2D eigenvalue weighted by Crippen LogP contribution is 2.63. The van der Waals surface area contributed by atoms with E-state index in [1.807, 2.05) is 0 Å². The predicted molar refractivity (Wildman–Crippen MR) is 216 cm³/mol. The highest BCUT2D eigenvalue weighted by atomic mass is 31.2. The summed E-state index contributed by atoms with van der Waals surface area (Å²) in [5.41, 5.74) is 3.50. The molecule has 0 saturated heterocycles. The summed E-state index contributed by atoms with van der Waals surface area (Å²) in [7, 11) is -2.16. The third kappa shape index (κ3) is 7.16. The summed E-state index contributed by atoms with van der Waals surface area (Å²) >= 11 is 0. The van der Waals surface area contributed by atoms with Gasteiger partial charge in [-0.15, -0.1) is 0 Å². The van der Waals surface area contributed by atoms with Crippen molar-refractivity contribution in [1.82, 2.24) is 0 Å². The zero-order chi connectivity index (χ0) is 36.6. The summed E-state index contributed by atoms with van der Waals surface area (Å²) in [6.45, 7) is 13.3. The van der Waals surface area contributed by atoms with Gasteiger partial charge >= 0.3 is 8.60 Å². The van der Waals surface area contributed by atoms with Gasteiger partial charge in [0.15, 0.2) is 0 Å². The first-order chi connectivity index (χ1) is 25.2. The molecule has 4 heteroatoms. The van der Waals surface area contributed by atoms with Crippen LogP contribution in [0.1, 0.15) is 74.9 Å². The smallest absolute Gasteiger partial charge is 0.295 e. The van der Waals surface area contributed by atoms with Crippen LogP contribution >= 0.6 is 8.60 Å². The molecule has 0 radical (unpaired) electrons. The van der Waals surface area contributed by atoms with E-state index in [4.69, 9.17) is 13.6 Å². The molecule has 0 saturated carbocycles. The second-order valence-electron chi connectivity index (χ2n) is 14.4. The molecule has 0 aliphatic heterocycles. The Bertz CT molecular complexity index is 1580. The van der Waals surface area contributed by atoms with Gasteiger partial charge in [0.2, 0.25) is 0 Å². The average Bonchev–Trinajstić information content (AvgIpc) is 3.19. The lowest BCUT2D eigenvalue weighted by Crippen LogP contribution is -2.42. The molecule has 0 amide bonds. The Morgan fingerprint density at radius 2 is 0.442 bits per heavy atom. The monoisotopic (exact) mass is 706 g/mol. The van der Waals surface area contributed by atoms with Crippen molar-refractivity contribution < 1.29 is 13.6 Å². The van der Waals surface area contributed by atoms with Gasteiger partial charge < -0.3 is 0 Å². The molecular weight excluding hydrogens is 655 g/mol. The van der Waals surface area contributed by atoms with Crippen LogP contribution in [0.25, 0.3) is 0 Å². The van der Waals surface area contributed by atoms with Crippen LogP contribution in [0, 0.1) is 17.8 Å². The number of benzene rings is 6. The van der Waals surface area contributed by atoms with Crippen molar-refractivity contribution in [3.63, 3.8) is 0 Å². The van der Waals surface area contributed by atoms with E-state index in [9.17, 15) is 0 Å². The van der Waals surface area contributed by atoms with Crippen LogP contribution in [-0.2, 0) is 30.4 Å². The molecule has 0 aliphatic rings. The normalized spacial score (nSPS) is 12.6. The molecule has 0 bridgehead atoms. The number of hydrogen-bond acceptors (Lipinski definition) is 3. The van der Waals surface area contributed by atoms with Crippen LogP contribution in [-0.4, -0.2) is 0 Å². The van der Waals surface area contributed by atoms with Gasteiger partial charge in [-0.05, 0) is 51.1 Å². The molecule has 6 aromatic rings. The van der Waals surface area contributed by atoms with Crippen molar-refractivity contribution in [2.45, 2.75) is 58.3 Å². The second-order valence-corrected chi connectivity index (χ2v) is 15.4. The highest BCUT2D eigenvalue weighted by molar-refractivity contribution is 7.41. The first-order valence-corrected chi connectivity index (χ1v) is 19.5. The SMILES string of the molecule is CC(C)C(OP(OC(c1ccccc1)(c1ccccc1)C(C)C)OC(c1ccccc1)(c1ccccc1)C(C)C)(c1ccccc1)c1ccccc1. The van der Waals surface area contributed by atoms with Gasteiger partial charge in [-0.25, -0.2) is 0 Å². The Balaban J connectivity index is 1.66. The largest absolute Gasteiger partial charge is 0.336 e. The standard InChI is InChI=1S/C48H51O3P/c1-37(2)46(40-25-13-7-14-26-40,41-27-15-8-16-28-41)49-52(50-47(38(3)4,42-29-17-9-18-30-42)43-31-19-10-20-32-43)51-48(39(5)6,44-33-21-11-22-34-44)45-35-23-12-24-36-45/h7-39H,1-6H3. The summed E-state index contributed by atoms with van der Waals surface area (Å²) in [5, 5.41) is 0. The summed E-state index contributed by atoms with van der Waals surface area (Å²) in [5.74, 6) is -0.00472. The van der Waals surface area contributed by atoms with Crippen LogP contribution in [0.4, 0.5) is 0 Å². The van der Waals surface area contributed by atoms with E-state index in [1.54, 1.807) is 0 Å². The summed E-state index contributed by atoms with van der Waals surface area (Å²) in [6, 6.07) is 63.3. The number of rotatable bonds is 15. The Morgan fingerprint density at radius 1 is 0.288 bits per heavy atom. The van der Waals surface area contributed by atoms with Gasteiger partial charge in [-0.1, -0.05) is 224 Å². The first-order valence-electron chi connectivity index (χ1n) is 18.5.